The molecule has 1 aliphatic heterocycles. The van der Waals surface area contributed by atoms with Crippen LogP contribution in [0.25, 0.3) is 0 Å². The molecule has 0 bridgehead atoms. The molecule has 1 aromatic heterocycles. The van der Waals surface area contributed by atoms with E-state index in [4.69, 9.17) is 0 Å². The molecule has 1 aromatic rings. The van der Waals surface area contributed by atoms with Gasteiger partial charge in [-0.15, -0.1) is 0 Å². The van der Waals surface area contributed by atoms with Crippen molar-refractivity contribution in [3.63, 3.8) is 0 Å². The van der Waals surface area contributed by atoms with E-state index >= 15 is 0 Å². The Morgan fingerprint density at radius 1 is 1.40 bits per heavy atom. The Bertz CT molecular complexity index is 288. The molecule has 2 heterocycles. The molecule has 1 aliphatic rings. The van der Waals surface area contributed by atoms with Crippen LogP contribution in [0.15, 0.2) is 18.3 Å². The van der Waals surface area contributed by atoms with Gasteiger partial charge in [-0.05, 0) is 44.5 Å². The summed E-state index contributed by atoms with van der Waals surface area (Å²) in [6.45, 7) is 5.25. The molecule has 0 unspecified atom stereocenters. The van der Waals surface area contributed by atoms with Crippen molar-refractivity contribution in [3.8, 4) is 0 Å². The quantitative estimate of drug-likeness (QED) is 0.779. The van der Waals surface area contributed by atoms with Crippen molar-refractivity contribution in [3.05, 3.63) is 29.6 Å². The van der Waals surface area contributed by atoms with Gasteiger partial charge in [-0.1, -0.05) is 6.07 Å². The van der Waals surface area contributed by atoms with Crippen LogP contribution in [0, 0.1) is 6.92 Å². The maximum absolute atomic E-state index is 4.29. The molecule has 3 nitrogen and oxygen atoms in total. The lowest BCUT2D eigenvalue weighted by atomic mass is 10.1. The molecule has 3 heteroatoms. The summed E-state index contributed by atoms with van der Waals surface area (Å²) >= 11 is 0. The number of nitrogens with zero attached hydrogens (tertiary/aromatic N) is 1. The number of aromatic nitrogens is 1. The smallest absolute Gasteiger partial charge is 0.0372 e. The Morgan fingerprint density at radius 3 is 2.87 bits per heavy atom. The summed E-state index contributed by atoms with van der Waals surface area (Å²) < 4.78 is 0. The molecule has 15 heavy (non-hydrogen) atoms. The first-order valence-electron chi connectivity index (χ1n) is 5.70. The van der Waals surface area contributed by atoms with Gasteiger partial charge in [-0.2, -0.15) is 0 Å². The SMILES string of the molecule is Cc1ccc(CNC2CCNCC2)cn1. The van der Waals surface area contributed by atoms with Gasteiger partial charge < -0.3 is 10.6 Å². The Balaban J connectivity index is 1.79. The summed E-state index contributed by atoms with van der Waals surface area (Å²) in [7, 11) is 0. The number of pyridine rings is 1. The highest BCUT2D eigenvalue weighted by atomic mass is 15.0. The van der Waals surface area contributed by atoms with Crippen molar-refractivity contribution < 1.29 is 0 Å². The van der Waals surface area contributed by atoms with Gasteiger partial charge in [-0.25, -0.2) is 0 Å². The largest absolute Gasteiger partial charge is 0.317 e. The normalized spacial score (nSPS) is 17.9. The molecule has 2 N–H and O–H groups in total. The van der Waals surface area contributed by atoms with Gasteiger partial charge in [0, 0.05) is 24.5 Å². The first kappa shape index (κ1) is 10.6. The minimum atomic E-state index is 0.674. The molecule has 1 fully saturated rings. The molecule has 0 aromatic carbocycles. The highest BCUT2D eigenvalue weighted by molar-refractivity contribution is 5.12. The van der Waals surface area contributed by atoms with Gasteiger partial charge in [-0.3, -0.25) is 4.98 Å². The Hall–Kier alpha value is -0.930. The van der Waals surface area contributed by atoms with E-state index in [2.05, 4.69) is 27.8 Å². The topological polar surface area (TPSA) is 37.0 Å². The van der Waals surface area contributed by atoms with E-state index in [0.717, 1.165) is 25.3 Å². The lowest BCUT2D eigenvalue weighted by Crippen LogP contribution is -2.39. The number of nitrogens with one attached hydrogen (secondary N) is 2. The first-order valence-corrected chi connectivity index (χ1v) is 5.70. The lowest BCUT2D eigenvalue weighted by Gasteiger charge is -2.23. The molecular formula is C12H19N3. The first-order chi connectivity index (χ1) is 7.34. The van der Waals surface area contributed by atoms with Gasteiger partial charge in [0.05, 0.1) is 0 Å². The van der Waals surface area contributed by atoms with Crippen molar-refractivity contribution in [1.82, 2.24) is 15.6 Å². The average molecular weight is 205 g/mol. The molecule has 0 amide bonds. The molecule has 0 saturated carbocycles. The summed E-state index contributed by atoms with van der Waals surface area (Å²) in [5, 5.41) is 6.95. The van der Waals surface area contributed by atoms with Crippen LogP contribution < -0.4 is 10.6 Å². The fourth-order valence-electron chi connectivity index (χ4n) is 1.89. The van der Waals surface area contributed by atoms with Crippen LogP contribution in [0.5, 0.6) is 0 Å². The minimum Gasteiger partial charge on any atom is -0.317 e. The molecule has 0 aliphatic carbocycles. The molecular weight excluding hydrogens is 186 g/mol. The van der Waals surface area contributed by atoms with Crippen LogP contribution in [0.2, 0.25) is 0 Å². The van der Waals surface area contributed by atoms with E-state index in [1.54, 1.807) is 0 Å². The minimum absolute atomic E-state index is 0.674. The van der Waals surface area contributed by atoms with E-state index < -0.39 is 0 Å². The second-order valence-corrected chi connectivity index (χ2v) is 4.21. The van der Waals surface area contributed by atoms with Gasteiger partial charge in [0.25, 0.3) is 0 Å². The van der Waals surface area contributed by atoms with Crippen LogP contribution in [0.4, 0.5) is 0 Å². The van der Waals surface area contributed by atoms with E-state index in [-0.39, 0.29) is 0 Å². The van der Waals surface area contributed by atoms with Crippen LogP contribution in [-0.2, 0) is 6.54 Å². The van der Waals surface area contributed by atoms with E-state index in [1.165, 1.54) is 18.4 Å². The summed E-state index contributed by atoms with van der Waals surface area (Å²) in [6, 6.07) is 4.89. The van der Waals surface area contributed by atoms with Crippen molar-refractivity contribution in [2.45, 2.75) is 32.4 Å². The zero-order valence-corrected chi connectivity index (χ0v) is 9.29. The molecule has 82 valence electrons. The maximum Gasteiger partial charge on any atom is 0.0372 e. The van der Waals surface area contributed by atoms with E-state index in [9.17, 15) is 0 Å². The van der Waals surface area contributed by atoms with Gasteiger partial charge in [0.15, 0.2) is 0 Å². The van der Waals surface area contributed by atoms with Gasteiger partial charge in [0.1, 0.15) is 0 Å². The van der Waals surface area contributed by atoms with Crippen LogP contribution in [-0.4, -0.2) is 24.1 Å². The Morgan fingerprint density at radius 2 is 2.20 bits per heavy atom. The van der Waals surface area contributed by atoms with E-state index in [1.807, 2.05) is 13.1 Å². The fraction of sp³-hybridized carbons (Fsp3) is 0.583. The Labute approximate surface area is 91.3 Å². The number of hydrogen-bond acceptors (Lipinski definition) is 3. The number of rotatable bonds is 3. The summed E-state index contributed by atoms with van der Waals surface area (Å²) in [6.07, 6.45) is 4.43. The maximum atomic E-state index is 4.29. The average Bonchev–Trinajstić information content (AvgIpc) is 2.30. The zero-order valence-electron chi connectivity index (χ0n) is 9.29. The molecule has 2 rings (SSSR count). The predicted molar refractivity (Wildman–Crippen MR) is 61.7 cm³/mol. The highest BCUT2D eigenvalue weighted by Crippen LogP contribution is 2.04. The van der Waals surface area contributed by atoms with Crippen molar-refractivity contribution in [2.24, 2.45) is 0 Å². The zero-order chi connectivity index (χ0) is 10.5. The van der Waals surface area contributed by atoms with Crippen molar-refractivity contribution in [1.29, 1.82) is 0 Å². The van der Waals surface area contributed by atoms with Crippen LogP contribution in [0.1, 0.15) is 24.1 Å². The molecule has 0 atom stereocenters. The monoisotopic (exact) mass is 205 g/mol. The fourth-order valence-corrected chi connectivity index (χ4v) is 1.89. The number of hydrogen-bond donors (Lipinski definition) is 2. The highest BCUT2D eigenvalue weighted by Gasteiger charge is 2.11. The van der Waals surface area contributed by atoms with E-state index in [0.29, 0.717) is 6.04 Å². The van der Waals surface area contributed by atoms with Crippen LogP contribution in [0.3, 0.4) is 0 Å². The summed E-state index contributed by atoms with van der Waals surface area (Å²) in [4.78, 5) is 4.29. The van der Waals surface area contributed by atoms with Crippen molar-refractivity contribution >= 4 is 0 Å². The number of piperidine rings is 1. The third kappa shape index (κ3) is 3.29. The third-order valence-electron chi connectivity index (χ3n) is 2.91. The molecule has 0 spiro atoms. The lowest BCUT2D eigenvalue weighted by molar-refractivity contribution is 0.386. The standard InChI is InChI=1S/C12H19N3/c1-10-2-3-11(8-14-10)9-15-12-4-6-13-7-5-12/h2-3,8,12-13,15H,4-7,9H2,1H3. The second-order valence-electron chi connectivity index (χ2n) is 4.21. The Kier molecular flexibility index (Phi) is 3.69. The van der Waals surface area contributed by atoms with Crippen LogP contribution >= 0.6 is 0 Å². The summed E-state index contributed by atoms with van der Waals surface area (Å²) in [5.74, 6) is 0. The summed E-state index contributed by atoms with van der Waals surface area (Å²) in [5.41, 5.74) is 2.36. The predicted octanol–water partition coefficient (Wildman–Crippen LogP) is 1.23. The van der Waals surface area contributed by atoms with Gasteiger partial charge in [0.2, 0.25) is 0 Å². The van der Waals surface area contributed by atoms with Crippen molar-refractivity contribution in [2.75, 3.05) is 13.1 Å². The molecule has 1 saturated heterocycles. The molecule has 0 radical (unpaired) electrons. The van der Waals surface area contributed by atoms with Gasteiger partial charge >= 0.3 is 0 Å². The number of aryl methyl sites for hydroxylation is 1. The second kappa shape index (κ2) is 5.24. The third-order valence-corrected chi connectivity index (χ3v) is 2.91.